The standard InChI is InChI=1S/C14H20FNO4S/c1-10(2)7-12(14(17)18)8-16-21(19,20)9-11-5-3-4-6-13(11)15/h3-6,10,12,16H,7-9H2,1-2H3,(H,17,18). The summed E-state index contributed by atoms with van der Waals surface area (Å²) >= 11 is 0. The van der Waals surface area contributed by atoms with E-state index in [0.29, 0.717) is 6.42 Å². The van der Waals surface area contributed by atoms with Gasteiger partial charge in [-0.15, -0.1) is 0 Å². The summed E-state index contributed by atoms with van der Waals surface area (Å²) in [6, 6.07) is 5.59. The summed E-state index contributed by atoms with van der Waals surface area (Å²) in [5, 5.41) is 9.06. The normalized spacial score (nSPS) is 13.3. The summed E-state index contributed by atoms with van der Waals surface area (Å²) in [6.07, 6.45) is 0.373. The molecule has 1 unspecified atom stereocenters. The van der Waals surface area contributed by atoms with E-state index in [9.17, 15) is 17.6 Å². The maximum Gasteiger partial charge on any atom is 0.307 e. The fraction of sp³-hybridized carbons (Fsp3) is 0.500. The fourth-order valence-electron chi connectivity index (χ4n) is 1.94. The molecule has 0 aromatic heterocycles. The zero-order valence-electron chi connectivity index (χ0n) is 12.0. The molecular weight excluding hydrogens is 297 g/mol. The minimum Gasteiger partial charge on any atom is -0.481 e. The van der Waals surface area contributed by atoms with Gasteiger partial charge in [-0.1, -0.05) is 32.0 Å². The smallest absolute Gasteiger partial charge is 0.307 e. The first-order valence-electron chi connectivity index (χ1n) is 6.65. The monoisotopic (exact) mass is 317 g/mol. The van der Waals surface area contributed by atoms with E-state index in [1.165, 1.54) is 18.2 Å². The third kappa shape index (κ3) is 6.22. The highest BCUT2D eigenvalue weighted by Gasteiger charge is 2.22. The van der Waals surface area contributed by atoms with Gasteiger partial charge >= 0.3 is 5.97 Å². The summed E-state index contributed by atoms with van der Waals surface area (Å²) in [5.41, 5.74) is 0.0562. The number of rotatable bonds is 8. The molecular formula is C14H20FNO4S. The number of hydrogen-bond donors (Lipinski definition) is 2. The minimum absolute atomic E-state index is 0.0562. The van der Waals surface area contributed by atoms with Gasteiger partial charge in [-0.25, -0.2) is 17.5 Å². The molecule has 21 heavy (non-hydrogen) atoms. The highest BCUT2D eigenvalue weighted by Crippen LogP contribution is 2.13. The van der Waals surface area contributed by atoms with Crippen LogP contribution < -0.4 is 4.72 Å². The van der Waals surface area contributed by atoms with Gasteiger partial charge in [0.15, 0.2) is 0 Å². The summed E-state index contributed by atoms with van der Waals surface area (Å²) < 4.78 is 39.5. The largest absolute Gasteiger partial charge is 0.481 e. The van der Waals surface area contributed by atoms with Gasteiger partial charge in [0.1, 0.15) is 5.82 Å². The SMILES string of the molecule is CC(C)CC(CNS(=O)(=O)Cc1ccccc1F)C(=O)O. The van der Waals surface area contributed by atoms with E-state index in [1.807, 2.05) is 13.8 Å². The van der Waals surface area contributed by atoms with Gasteiger partial charge in [0.2, 0.25) is 10.0 Å². The molecule has 0 heterocycles. The molecule has 1 aromatic rings. The maximum atomic E-state index is 13.4. The topological polar surface area (TPSA) is 83.5 Å². The number of benzene rings is 1. The average molecular weight is 317 g/mol. The van der Waals surface area contributed by atoms with Crippen LogP contribution in [0.4, 0.5) is 4.39 Å². The van der Waals surface area contributed by atoms with Crippen LogP contribution in [-0.4, -0.2) is 26.0 Å². The van der Waals surface area contributed by atoms with E-state index in [4.69, 9.17) is 5.11 Å². The Morgan fingerprint density at radius 3 is 2.48 bits per heavy atom. The van der Waals surface area contributed by atoms with Gasteiger partial charge in [-0.05, 0) is 18.4 Å². The first-order valence-corrected chi connectivity index (χ1v) is 8.30. The maximum absolute atomic E-state index is 13.4. The van der Waals surface area contributed by atoms with Crippen molar-refractivity contribution in [3.8, 4) is 0 Å². The lowest BCUT2D eigenvalue weighted by molar-refractivity contribution is -0.142. The molecule has 1 atom stereocenters. The third-order valence-electron chi connectivity index (χ3n) is 2.96. The highest BCUT2D eigenvalue weighted by molar-refractivity contribution is 7.88. The van der Waals surface area contributed by atoms with E-state index in [2.05, 4.69) is 4.72 Å². The molecule has 0 aliphatic rings. The number of hydrogen-bond acceptors (Lipinski definition) is 3. The van der Waals surface area contributed by atoms with E-state index in [-0.39, 0.29) is 18.0 Å². The Morgan fingerprint density at radius 1 is 1.33 bits per heavy atom. The molecule has 118 valence electrons. The van der Waals surface area contributed by atoms with Crippen LogP contribution in [0.25, 0.3) is 0 Å². The summed E-state index contributed by atoms with van der Waals surface area (Å²) in [5.74, 6) is -2.80. The molecule has 5 nitrogen and oxygen atoms in total. The Hall–Kier alpha value is -1.47. The van der Waals surface area contributed by atoms with Crippen molar-refractivity contribution in [2.45, 2.75) is 26.0 Å². The lowest BCUT2D eigenvalue weighted by Gasteiger charge is -2.15. The van der Waals surface area contributed by atoms with Crippen molar-refractivity contribution >= 4 is 16.0 Å². The van der Waals surface area contributed by atoms with E-state index in [0.717, 1.165) is 0 Å². The van der Waals surface area contributed by atoms with E-state index >= 15 is 0 Å². The average Bonchev–Trinajstić information content (AvgIpc) is 2.36. The van der Waals surface area contributed by atoms with Crippen molar-refractivity contribution in [1.29, 1.82) is 0 Å². The zero-order valence-corrected chi connectivity index (χ0v) is 12.9. The summed E-state index contributed by atoms with van der Waals surface area (Å²) in [6.45, 7) is 3.54. The fourth-order valence-corrected chi connectivity index (χ4v) is 3.14. The Bertz CT molecular complexity index is 586. The number of carboxylic acid groups (broad SMARTS) is 1. The second-order valence-corrected chi connectivity index (χ2v) is 7.17. The molecule has 0 spiro atoms. The summed E-state index contributed by atoms with van der Waals surface area (Å²) in [7, 11) is -3.77. The van der Waals surface area contributed by atoms with E-state index < -0.39 is 33.5 Å². The van der Waals surface area contributed by atoms with Gasteiger partial charge in [0.05, 0.1) is 11.7 Å². The van der Waals surface area contributed by atoms with Gasteiger partial charge in [-0.2, -0.15) is 0 Å². The van der Waals surface area contributed by atoms with Crippen molar-refractivity contribution < 1.29 is 22.7 Å². The molecule has 0 saturated heterocycles. The molecule has 2 N–H and O–H groups in total. The Labute approximate surface area is 124 Å². The Morgan fingerprint density at radius 2 is 1.95 bits per heavy atom. The molecule has 0 radical (unpaired) electrons. The van der Waals surface area contributed by atoms with Crippen LogP contribution in [0.3, 0.4) is 0 Å². The number of carbonyl (C=O) groups is 1. The molecule has 0 saturated carbocycles. The van der Waals surface area contributed by atoms with Gasteiger partial charge in [0.25, 0.3) is 0 Å². The first-order chi connectivity index (χ1) is 9.71. The van der Waals surface area contributed by atoms with Crippen LogP contribution >= 0.6 is 0 Å². The summed E-state index contributed by atoms with van der Waals surface area (Å²) in [4.78, 5) is 11.1. The number of nitrogens with one attached hydrogen (secondary N) is 1. The first kappa shape index (κ1) is 17.6. The van der Waals surface area contributed by atoms with Crippen molar-refractivity contribution in [2.75, 3.05) is 6.54 Å². The van der Waals surface area contributed by atoms with Crippen LogP contribution in [0.5, 0.6) is 0 Å². The lowest BCUT2D eigenvalue weighted by atomic mass is 9.98. The molecule has 1 aromatic carbocycles. The number of aliphatic carboxylic acids is 1. The third-order valence-corrected chi connectivity index (χ3v) is 4.26. The van der Waals surface area contributed by atoms with Crippen LogP contribution in [-0.2, 0) is 20.6 Å². The molecule has 0 amide bonds. The van der Waals surface area contributed by atoms with Crippen LogP contribution in [0.2, 0.25) is 0 Å². The predicted molar refractivity (Wildman–Crippen MR) is 77.6 cm³/mol. The quantitative estimate of drug-likeness (QED) is 0.768. The zero-order chi connectivity index (χ0) is 16.0. The molecule has 7 heteroatoms. The number of sulfonamides is 1. The number of halogens is 1. The molecule has 0 fully saturated rings. The second-order valence-electron chi connectivity index (χ2n) is 5.36. The van der Waals surface area contributed by atoms with Crippen LogP contribution in [0.1, 0.15) is 25.8 Å². The highest BCUT2D eigenvalue weighted by atomic mass is 32.2. The molecule has 0 bridgehead atoms. The van der Waals surface area contributed by atoms with Gasteiger partial charge in [-0.3, -0.25) is 4.79 Å². The van der Waals surface area contributed by atoms with Crippen molar-refractivity contribution in [3.05, 3.63) is 35.6 Å². The van der Waals surface area contributed by atoms with E-state index in [1.54, 1.807) is 6.07 Å². The molecule has 1 rings (SSSR count). The van der Waals surface area contributed by atoms with Crippen LogP contribution in [0.15, 0.2) is 24.3 Å². The van der Waals surface area contributed by atoms with Gasteiger partial charge < -0.3 is 5.11 Å². The number of carboxylic acids is 1. The predicted octanol–water partition coefficient (Wildman–Crippen LogP) is 1.99. The molecule has 0 aliphatic carbocycles. The van der Waals surface area contributed by atoms with Crippen LogP contribution in [0, 0.1) is 17.7 Å². The molecule has 0 aliphatic heterocycles. The van der Waals surface area contributed by atoms with Gasteiger partial charge in [0, 0.05) is 12.1 Å². The Balaban J connectivity index is 2.68. The Kier molecular flexibility index (Phi) is 6.29. The lowest BCUT2D eigenvalue weighted by Crippen LogP contribution is -2.34. The van der Waals surface area contributed by atoms with Crippen molar-refractivity contribution in [2.24, 2.45) is 11.8 Å². The van der Waals surface area contributed by atoms with Crippen molar-refractivity contribution in [1.82, 2.24) is 4.72 Å². The minimum atomic E-state index is -3.77. The second kappa shape index (κ2) is 7.51. The van der Waals surface area contributed by atoms with Crippen molar-refractivity contribution in [3.63, 3.8) is 0 Å².